The minimum atomic E-state index is 0.864. The fraction of sp³-hybridized carbons (Fsp3) is 0.0769. The fourth-order valence-electron chi connectivity index (χ4n) is 1.81. The Hall–Kier alpha value is -1.68. The van der Waals surface area contributed by atoms with Crippen molar-refractivity contribution in [3.63, 3.8) is 0 Å². The lowest BCUT2D eigenvalue weighted by atomic mass is 10.1. The van der Waals surface area contributed by atoms with Crippen LogP contribution in [-0.2, 0) is 0 Å². The molecular weight excluding hydrogens is 278 g/mol. The van der Waals surface area contributed by atoms with Crippen LogP contribution >= 0.6 is 15.9 Å². The van der Waals surface area contributed by atoms with E-state index in [2.05, 4.69) is 49.9 Å². The predicted octanol–water partition coefficient (Wildman–Crippen LogP) is 3.70. The van der Waals surface area contributed by atoms with E-state index in [9.17, 15) is 0 Å². The molecule has 0 atom stereocenters. The summed E-state index contributed by atoms with van der Waals surface area (Å²) in [7, 11) is 0. The summed E-state index contributed by atoms with van der Waals surface area (Å²) in [6.45, 7) is 2.07. The van der Waals surface area contributed by atoms with Crippen molar-refractivity contribution in [3.05, 3.63) is 46.7 Å². The number of hydrogen-bond donors (Lipinski definition) is 1. The topological polar surface area (TPSA) is 41.6 Å². The molecule has 0 bridgehead atoms. The van der Waals surface area contributed by atoms with E-state index in [1.807, 2.05) is 12.1 Å². The second-order valence-corrected chi connectivity index (χ2v) is 4.82. The number of halogens is 1. The van der Waals surface area contributed by atoms with Crippen molar-refractivity contribution in [2.45, 2.75) is 6.92 Å². The Morgan fingerprint density at radius 3 is 2.94 bits per heavy atom. The van der Waals surface area contributed by atoms with E-state index >= 15 is 0 Å². The average Bonchev–Trinajstić information content (AvgIpc) is 2.75. The molecule has 0 saturated heterocycles. The maximum Gasteiger partial charge on any atom is 0.139 e. The molecule has 1 aromatic carbocycles. The molecule has 0 saturated carbocycles. The number of H-pyrrole nitrogens is 1. The van der Waals surface area contributed by atoms with Gasteiger partial charge in [0.25, 0.3) is 0 Å². The summed E-state index contributed by atoms with van der Waals surface area (Å²) in [4.78, 5) is 11.9. The summed E-state index contributed by atoms with van der Waals surface area (Å²) in [6, 6.07) is 8.11. The highest BCUT2D eigenvalue weighted by Gasteiger charge is 2.08. The SMILES string of the molecule is Cc1ccc(Br)c(-c2nc3ccncc3[nH]2)c1. The zero-order valence-corrected chi connectivity index (χ0v) is 10.8. The molecular formula is C13H10BrN3. The Kier molecular flexibility index (Phi) is 2.44. The van der Waals surface area contributed by atoms with Crippen molar-refractivity contribution < 1.29 is 0 Å². The van der Waals surface area contributed by atoms with Gasteiger partial charge in [-0.15, -0.1) is 0 Å². The molecule has 4 heteroatoms. The number of nitrogens with zero attached hydrogens (tertiary/aromatic N) is 2. The molecule has 3 nitrogen and oxygen atoms in total. The minimum absolute atomic E-state index is 0.864. The molecule has 0 fully saturated rings. The summed E-state index contributed by atoms with van der Waals surface area (Å²) in [5, 5.41) is 0. The minimum Gasteiger partial charge on any atom is -0.337 e. The van der Waals surface area contributed by atoms with Gasteiger partial charge in [0, 0.05) is 16.2 Å². The molecule has 0 aliphatic rings. The molecule has 0 amide bonds. The number of fused-ring (bicyclic) bond motifs is 1. The predicted molar refractivity (Wildman–Crippen MR) is 71.8 cm³/mol. The first-order valence-corrected chi connectivity index (χ1v) is 6.09. The lowest BCUT2D eigenvalue weighted by Crippen LogP contribution is -1.83. The first kappa shape index (κ1) is 10.5. The number of aromatic amines is 1. The number of benzene rings is 1. The third-order valence-corrected chi connectivity index (χ3v) is 3.35. The van der Waals surface area contributed by atoms with Crippen LogP contribution in [0.4, 0.5) is 0 Å². The molecule has 84 valence electrons. The zero-order chi connectivity index (χ0) is 11.8. The van der Waals surface area contributed by atoms with Crippen LogP contribution < -0.4 is 0 Å². The van der Waals surface area contributed by atoms with Gasteiger partial charge in [-0.2, -0.15) is 0 Å². The number of hydrogen-bond acceptors (Lipinski definition) is 2. The van der Waals surface area contributed by atoms with Gasteiger partial charge in [0.05, 0.1) is 17.2 Å². The summed E-state index contributed by atoms with van der Waals surface area (Å²) < 4.78 is 1.04. The molecule has 3 rings (SSSR count). The van der Waals surface area contributed by atoms with Gasteiger partial charge in [-0.1, -0.05) is 27.6 Å². The van der Waals surface area contributed by atoms with E-state index in [1.165, 1.54) is 5.56 Å². The summed E-state index contributed by atoms with van der Waals surface area (Å²) in [5.41, 5.74) is 4.17. The van der Waals surface area contributed by atoms with Gasteiger partial charge in [0.1, 0.15) is 5.82 Å². The standard InChI is InChI=1S/C13H10BrN3/c1-8-2-3-10(14)9(6-8)13-16-11-4-5-15-7-12(11)17-13/h2-7H,1H3,(H,16,17). The number of rotatable bonds is 1. The quantitative estimate of drug-likeness (QED) is 0.742. The fourth-order valence-corrected chi connectivity index (χ4v) is 2.24. The van der Waals surface area contributed by atoms with Crippen molar-refractivity contribution in [2.75, 3.05) is 0 Å². The largest absolute Gasteiger partial charge is 0.337 e. The van der Waals surface area contributed by atoms with Crippen molar-refractivity contribution in [2.24, 2.45) is 0 Å². The highest BCUT2D eigenvalue weighted by atomic mass is 79.9. The Bertz CT molecular complexity index is 655. The van der Waals surface area contributed by atoms with Gasteiger partial charge >= 0.3 is 0 Å². The molecule has 0 unspecified atom stereocenters. The van der Waals surface area contributed by atoms with Gasteiger partial charge in [-0.05, 0) is 25.1 Å². The molecule has 1 N–H and O–H groups in total. The van der Waals surface area contributed by atoms with E-state index in [1.54, 1.807) is 12.4 Å². The van der Waals surface area contributed by atoms with Gasteiger partial charge in [-0.25, -0.2) is 4.98 Å². The Balaban J connectivity index is 2.23. The first-order valence-electron chi connectivity index (χ1n) is 5.30. The molecule has 0 aliphatic heterocycles. The molecule has 0 radical (unpaired) electrons. The van der Waals surface area contributed by atoms with Crippen molar-refractivity contribution in [3.8, 4) is 11.4 Å². The molecule has 2 heterocycles. The van der Waals surface area contributed by atoms with Crippen LogP contribution in [0.1, 0.15) is 5.56 Å². The van der Waals surface area contributed by atoms with Gasteiger partial charge in [0.15, 0.2) is 0 Å². The normalized spacial score (nSPS) is 10.9. The Morgan fingerprint density at radius 1 is 1.24 bits per heavy atom. The van der Waals surface area contributed by atoms with E-state index in [4.69, 9.17) is 0 Å². The smallest absolute Gasteiger partial charge is 0.139 e. The molecule has 17 heavy (non-hydrogen) atoms. The Labute approximate surface area is 107 Å². The van der Waals surface area contributed by atoms with E-state index in [0.29, 0.717) is 0 Å². The maximum atomic E-state index is 4.56. The highest BCUT2D eigenvalue weighted by Crippen LogP contribution is 2.28. The Morgan fingerprint density at radius 2 is 2.12 bits per heavy atom. The lowest BCUT2D eigenvalue weighted by molar-refractivity contribution is 1.31. The molecule has 2 aromatic heterocycles. The van der Waals surface area contributed by atoms with Crippen LogP contribution in [0.25, 0.3) is 22.4 Å². The second-order valence-electron chi connectivity index (χ2n) is 3.96. The van der Waals surface area contributed by atoms with Crippen molar-refractivity contribution in [1.82, 2.24) is 15.0 Å². The van der Waals surface area contributed by atoms with Crippen LogP contribution in [0.5, 0.6) is 0 Å². The van der Waals surface area contributed by atoms with Crippen molar-refractivity contribution >= 4 is 27.0 Å². The third kappa shape index (κ3) is 1.85. The van der Waals surface area contributed by atoms with Crippen LogP contribution in [0.2, 0.25) is 0 Å². The van der Waals surface area contributed by atoms with E-state index < -0.39 is 0 Å². The zero-order valence-electron chi connectivity index (χ0n) is 9.24. The van der Waals surface area contributed by atoms with Gasteiger partial charge < -0.3 is 4.98 Å². The van der Waals surface area contributed by atoms with E-state index in [-0.39, 0.29) is 0 Å². The molecule has 3 aromatic rings. The number of aryl methyl sites for hydroxylation is 1. The van der Waals surface area contributed by atoms with Crippen molar-refractivity contribution in [1.29, 1.82) is 0 Å². The monoisotopic (exact) mass is 287 g/mol. The highest BCUT2D eigenvalue weighted by molar-refractivity contribution is 9.10. The van der Waals surface area contributed by atoms with E-state index in [0.717, 1.165) is 26.9 Å². The van der Waals surface area contributed by atoms with Crippen LogP contribution in [-0.4, -0.2) is 15.0 Å². The van der Waals surface area contributed by atoms with Gasteiger partial charge in [0.2, 0.25) is 0 Å². The lowest BCUT2D eigenvalue weighted by Gasteiger charge is -2.01. The van der Waals surface area contributed by atoms with Gasteiger partial charge in [-0.3, -0.25) is 4.98 Å². The number of nitrogens with one attached hydrogen (secondary N) is 1. The molecule has 0 aliphatic carbocycles. The summed E-state index contributed by atoms with van der Waals surface area (Å²) in [6.07, 6.45) is 3.54. The summed E-state index contributed by atoms with van der Waals surface area (Å²) in [5.74, 6) is 0.864. The molecule has 0 spiro atoms. The second kappa shape index (κ2) is 3.96. The third-order valence-electron chi connectivity index (χ3n) is 2.66. The van der Waals surface area contributed by atoms with Crippen LogP contribution in [0, 0.1) is 6.92 Å². The number of pyridine rings is 1. The maximum absolute atomic E-state index is 4.56. The summed E-state index contributed by atoms with van der Waals surface area (Å²) >= 11 is 3.55. The number of imidazole rings is 1. The number of aromatic nitrogens is 3. The average molecular weight is 288 g/mol. The first-order chi connectivity index (χ1) is 8.24. The van der Waals surface area contributed by atoms with Crippen LogP contribution in [0.15, 0.2) is 41.1 Å². The van der Waals surface area contributed by atoms with Crippen LogP contribution in [0.3, 0.4) is 0 Å².